The van der Waals surface area contributed by atoms with Crippen molar-refractivity contribution in [2.45, 2.75) is 19.5 Å². The Labute approximate surface area is 197 Å². The molecule has 0 aromatic heterocycles. The van der Waals surface area contributed by atoms with Crippen molar-refractivity contribution in [3.05, 3.63) is 126 Å². The van der Waals surface area contributed by atoms with Crippen LogP contribution in [0.1, 0.15) is 24.5 Å². The summed E-state index contributed by atoms with van der Waals surface area (Å²) in [5, 5.41) is 9.01. The monoisotopic (exact) mass is 464 g/mol. The molecular weight excluding hydrogens is 437 g/mol. The minimum atomic E-state index is -4.47. The number of anilines is 2. The zero-order chi connectivity index (χ0) is 24.9. The molecule has 0 radical (unpaired) electrons. The van der Waals surface area contributed by atoms with Gasteiger partial charge in [-0.1, -0.05) is 56.2 Å². The Kier molecular flexibility index (Phi) is 7.36. The molecule has 1 aliphatic heterocycles. The van der Waals surface area contributed by atoms with Gasteiger partial charge in [-0.2, -0.15) is 13.2 Å². The van der Waals surface area contributed by atoms with Crippen molar-refractivity contribution in [2.24, 2.45) is 5.73 Å². The molecule has 34 heavy (non-hydrogen) atoms. The third-order valence-corrected chi connectivity index (χ3v) is 5.09. The van der Waals surface area contributed by atoms with Crippen LogP contribution in [-0.4, -0.2) is 0 Å². The fraction of sp³-hybridized carbons (Fsp3) is 0.111. The van der Waals surface area contributed by atoms with Crippen LogP contribution in [0.2, 0.25) is 0 Å². The number of halogens is 3. The van der Waals surface area contributed by atoms with Crippen LogP contribution in [0, 0.1) is 0 Å². The average molecular weight is 465 g/mol. The van der Waals surface area contributed by atoms with Gasteiger partial charge in [-0.15, -0.1) is 0 Å². The second kappa shape index (κ2) is 10.2. The van der Waals surface area contributed by atoms with E-state index in [2.05, 4.69) is 35.7 Å². The number of rotatable bonds is 7. The number of hydrogen-bond donors (Lipinski definition) is 4. The van der Waals surface area contributed by atoms with Gasteiger partial charge < -0.3 is 21.7 Å². The molecule has 2 aromatic carbocycles. The molecule has 5 N–H and O–H groups in total. The Bertz CT molecular complexity index is 1200. The highest BCUT2D eigenvalue weighted by Gasteiger charge is 2.33. The number of para-hydroxylation sites is 1. The van der Waals surface area contributed by atoms with E-state index in [1.165, 1.54) is 18.2 Å². The molecule has 0 amide bonds. The molecule has 1 aliphatic rings. The van der Waals surface area contributed by atoms with Gasteiger partial charge in [0, 0.05) is 29.1 Å². The van der Waals surface area contributed by atoms with Crippen molar-refractivity contribution < 1.29 is 13.2 Å². The van der Waals surface area contributed by atoms with Crippen molar-refractivity contribution in [3.63, 3.8) is 0 Å². The van der Waals surface area contributed by atoms with E-state index >= 15 is 0 Å². The predicted molar refractivity (Wildman–Crippen MR) is 134 cm³/mol. The van der Waals surface area contributed by atoms with E-state index in [0.29, 0.717) is 23.5 Å². The molecule has 176 valence electrons. The molecule has 0 atom stereocenters. The molecule has 4 nitrogen and oxygen atoms in total. The van der Waals surface area contributed by atoms with Gasteiger partial charge in [-0.3, -0.25) is 0 Å². The van der Waals surface area contributed by atoms with Crippen LogP contribution < -0.4 is 21.7 Å². The Balaban J connectivity index is 1.79. The van der Waals surface area contributed by atoms with Crippen molar-refractivity contribution >= 4 is 16.9 Å². The summed E-state index contributed by atoms with van der Waals surface area (Å²) in [6, 6.07) is 12.6. The highest BCUT2D eigenvalue weighted by atomic mass is 19.4. The number of alkyl halides is 3. The summed E-state index contributed by atoms with van der Waals surface area (Å²) >= 11 is 0. The molecule has 0 bridgehead atoms. The zero-order valence-corrected chi connectivity index (χ0v) is 18.9. The summed E-state index contributed by atoms with van der Waals surface area (Å²) in [5.74, 6) is 0.210. The van der Waals surface area contributed by atoms with Crippen LogP contribution >= 0.6 is 0 Å². The fourth-order valence-electron chi connectivity index (χ4n) is 3.59. The maximum Gasteiger partial charge on any atom is 0.418 e. The van der Waals surface area contributed by atoms with Crippen LogP contribution in [0.15, 0.2) is 115 Å². The van der Waals surface area contributed by atoms with Gasteiger partial charge in [0.1, 0.15) is 5.82 Å². The molecule has 0 spiro atoms. The molecule has 3 rings (SSSR count). The number of nitrogens with one attached hydrogen (secondary N) is 3. The maximum atomic E-state index is 13.2. The number of benzene rings is 2. The SMILES string of the molecule is C=C(Nc1ccc(C2=C(C(=C)N)N/C(=C/C=C\C)CC2=C)cc1)Nc1ccccc1C(F)(F)F. The van der Waals surface area contributed by atoms with Crippen LogP contribution in [0.25, 0.3) is 5.57 Å². The van der Waals surface area contributed by atoms with E-state index in [4.69, 9.17) is 5.73 Å². The molecule has 0 aliphatic carbocycles. The maximum absolute atomic E-state index is 13.2. The molecule has 2 aromatic rings. The molecule has 0 unspecified atom stereocenters. The normalized spacial score (nSPS) is 15.4. The predicted octanol–water partition coefficient (Wildman–Crippen LogP) is 6.89. The highest BCUT2D eigenvalue weighted by molar-refractivity contribution is 5.85. The third kappa shape index (κ3) is 5.81. The fourth-order valence-corrected chi connectivity index (χ4v) is 3.59. The van der Waals surface area contributed by atoms with Gasteiger partial charge in [-0.05, 0) is 48.4 Å². The van der Waals surface area contributed by atoms with Crippen LogP contribution in [0.4, 0.5) is 24.5 Å². The second-order valence-electron chi connectivity index (χ2n) is 7.75. The van der Waals surface area contributed by atoms with Crippen LogP contribution in [0.5, 0.6) is 0 Å². The van der Waals surface area contributed by atoms with Crippen molar-refractivity contribution in [2.75, 3.05) is 10.6 Å². The molecule has 7 heteroatoms. The number of allylic oxidation sites excluding steroid dienone is 5. The topological polar surface area (TPSA) is 62.1 Å². The first-order valence-corrected chi connectivity index (χ1v) is 10.6. The van der Waals surface area contributed by atoms with Gasteiger partial charge in [0.2, 0.25) is 0 Å². The first kappa shape index (κ1) is 24.5. The number of nitrogens with two attached hydrogens (primary N) is 1. The Morgan fingerprint density at radius 3 is 2.35 bits per heavy atom. The summed E-state index contributed by atoms with van der Waals surface area (Å²) < 4.78 is 39.7. The summed E-state index contributed by atoms with van der Waals surface area (Å²) in [4.78, 5) is 0. The van der Waals surface area contributed by atoms with Crippen molar-refractivity contribution in [1.82, 2.24) is 5.32 Å². The van der Waals surface area contributed by atoms with Gasteiger partial charge in [0.05, 0.1) is 16.9 Å². The summed E-state index contributed by atoms with van der Waals surface area (Å²) in [6.07, 6.45) is 2.00. The van der Waals surface area contributed by atoms with Crippen LogP contribution in [-0.2, 0) is 6.18 Å². The third-order valence-electron chi connectivity index (χ3n) is 5.09. The zero-order valence-electron chi connectivity index (χ0n) is 18.9. The standard InChI is InChI=1S/C27H27F3N4/c1-5-6-9-22-16-17(2)25(26(34-22)18(3)31)20-12-14-21(15-13-20)32-19(4)33-24-11-8-7-10-23(24)27(28,29)30/h5-15,32-34H,2-4,16,31H2,1H3/b6-5-,22-9+. The Morgan fingerprint density at radius 2 is 1.74 bits per heavy atom. The largest absolute Gasteiger partial charge is 0.418 e. The summed E-state index contributed by atoms with van der Waals surface area (Å²) in [5.41, 5.74) is 10.6. The number of hydrogen-bond acceptors (Lipinski definition) is 4. The summed E-state index contributed by atoms with van der Waals surface area (Å²) in [7, 11) is 0. The van der Waals surface area contributed by atoms with Crippen LogP contribution in [0.3, 0.4) is 0 Å². The van der Waals surface area contributed by atoms with Gasteiger partial charge in [0.15, 0.2) is 0 Å². The van der Waals surface area contributed by atoms with Crippen molar-refractivity contribution in [3.8, 4) is 0 Å². The van der Waals surface area contributed by atoms with E-state index in [9.17, 15) is 13.2 Å². The van der Waals surface area contributed by atoms with E-state index in [1.54, 1.807) is 12.1 Å². The molecular formula is C27H27F3N4. The van der Waals surface area contributed by atoms with E-state index in [0.717, 1.165) is 28.5 Å². The smallest absolute Gasteiger partial charge is 0.398 e. The van der Waals surface area contributed by atoms with Gasteiger partial charge in [0.25, 0.3) is 0 Å². The Hall–Kier alpha value is -4.13. The minimum Gasteiger partial charge on any atom is -0.398 e. The average Bonchev–Trinajstić information content (AvgIpc) is 2.77. The lowest BCUT2D eigenvalue weighted by Gasteiger charge is -2.27. The lowest BCUT2D eigenvalue weighted by molar-refractivity contribution is -0.136. The molecule has 0 fully saturated rings. The highest BCUT2D eigenvalue weighted by Crippen LogP contribution is 2.36. The van der Waals surface area contributed by atoms with E-state index in [1.807, 2.05) is 37.3 Å². The Morgan fingerprint density at radius 1 is 1.06 bits per heavy atom. The lowest BCUT2D eigenvalue weighted by atomic mass is 9.89. The molecule has 1 heterocycles. The first-order valence-electron chi connectivity index (χ1n) is 10.6. The van der Waals surface area contributed by atoms with Crippen molar-refractivity contribution in [1.29, 1.82) is 0 Å². The summed E-state index contributed by atoms with van der Waals surface area (Å²) in [6.45, 7) is 13.8. The van der Waals surface area contributed by atoms with E-state index in [-0.39, 0.29) is 11.5 Å². The molecule has 0 saturated heterocycles. The van der Waals surface area contributed by atoms with E-state index < -0.39 is 11.7 Å². The minimum absolute atomic E-state index is 0.0771. The molecule has 0 saturated carbocycles. The quantitative estimate of drug-likeness (QED) is 0.360. The first-order chi connectivity index (χ1) is 16.1. The lowest BCUT2D eigenvalue weighted by Crippen LogP contribution is -2.24. The van der Waals surface area contributed by atoms with Gasteiger partial charge >= 0.3 is 6.18 Å². The second-order valence-corrected chi connectivity index (χ2v) is 7.75. The van der Waals surface area contributed by atoms with Gasteiger partial charge in [-0.25, -0.2) is 0 Å².